The summed E-state index contributed by atoms with van der Waals surface area (Å²) in [5, 5.41) is 5.70. The molecular formula is C23H27N3O2S. The van der Waals surface area contributed by atoms with Crippen LogP contribution in [0.4, 0.5) is 0 Å². The predicted octanol–water partition coefficient (Wildman–Crippen LogP) is 4.80. The van der Waals surface area contributed by atoms with Crippen molar-refractivity contribution in [2.24, 2.45) is 11.8 Å². The molecule has 3 heterocycles. The van der Waals surface area contributed by atoms with E-state index in [0.29, 0.717) is 19.0 Å². The van der Waals surface area contributed by atoms with Gasteiger partial charge in [0.1, 0.15) is 4.83 Å². The van der Waals surface area contributed by atoms with Crippen LogP contribution in [0.1, 0.15) is 52.4 Å². The third-order valence-corrected chi connectivity index (χ3v) is 6.70. The van der Waals surface area contributed by atoms with Gasteiger partial charge in [-0.15, -0.1) is 11.3 Å². The van der Waals surface area contributed by atoms with Crippen LogP contribution in [0.3, 0.4) is 0 Å². The normalized spacial score (nSPS) is 15.4. The first kappa shape index (κ1) is 19.8. The van der Waals surface area contributed by atoms with Crippen molar-refractivity contribution in [3.63, 3.8) is 0 Å². The summed E-state index contributed by atoms with van der Waals surface area (Å²) in [5.41, 5.74) is 1.75. The van der Waals surface area contributed by atoms with Gasteiger partial charge in [0.05, 0.1) is 10.6 Å². The van der Waals surface area contributed by atoms with E-state index in [-0.39, 0.29) is 17.6 Å². The fraction of sp³-hybridized carbons (Fsp3) is 0.435. The highest BCUT2D eigenvalue weighted by Gasteiger charge is 2.29. The summed E-state index contributed by atoms with van der Waals surface area (Å²) in [7, 11) is 0. The van der Waals surface area contributed by atoms with Crippen molar-refractivity contribution < 1.29 is 9.59 Å². The highest BCUT2D eigenvalue weighted by Crippen LogP contribution is 2.31. The number of thiophene rings is 1. The van der Waals surface area contributed by atoms with Crippen LogP contribution in [0.25, 0.3) is 10.2 Å². The molecule has 1 saturated heterocycles. The smallest absolute Gasteiger partial charge is 0.264 e. The molecule has 29 heavy (non-hydrogen) atoms. The first-order valence-electron chi connectivity index (χ1n) is 10.3. The molecule has 0 unspecified atom stereocenters. The molecule has 4 rings (SSSR count). The minimum atomic E-state index is 0.00528. The standard InChI is InChI=1S/C23H27N3O2S/c1-15(2)14-26-23-19(16(3)24-26)13-20(29-23)22(28)25-11-9-18(10-12-25)21(27)17-7-5-4-6-8-17/h4-8,13,15,18H,9-12,14H2,1-3H3. The number of aromatic nitrogens is 2. The molecule has 0 atom stereocenters. The molecular weight excluding hydrogens is 382 g/mol. The number of ketones is 1. The number of nitrogens with zero attached hydrogens (tertiary/aromatic N) is 3. The molecule has 0 spiro atoms. The van der Waals surface area contributed by atoms with Crippen LogP contribution in [0, 0.1) is 18.8 Å². The monoisotopic (exact) mass is 409 g/mol. The summed E-state index contributed by atoms with van der Waals surface area (Å²) >= 11 is 1.53. The topological polar surface area (TPSA) is 55.2 Å². The number of likely N-dealkylation sites (tertiary alicyclic amines) is 1. The fourth-order valence-electron chi connectivity index (χ4n) is 4.03. The molecule has 0 radical (unpaired) electrons. The molecule has 1 fully saturated rings. The number of rotatable bonds is 5. The van der Waals surface area contributed by atoms with Crippen LogP contribution in [0.15, 0.2) is 36.4 Å². The van der Waals surface area contributed by atoms with Gasteiger partial charge in [-0.2, -0.15) is 5.10 Å². The summed E-state index contributed by atoms with van der Waals surface area (Å²) in [6.45, 7) is 8.46. The Kier molecular flexibility index (Phi) is 5.54. The van der Waals surface area contributed by atoms with Crippen molar-refractivity contribution in [1.29, 1.82) is 0 Å². The molecule has 1 aliphatic rings. The number of Topliss-reactive ketones (excluding diaryl/α,β-unsaturated/α-hetero) is 1. The number of benzene rings is 1. The van der Waals surface area contributed by atoms with Gasteiger partial charge < -0.3 is 4.90 Å². The Balaban J connectivity index is 1.45. The van der Waals surface area contributed by atoms with Crippen LogP contribution >= 0.6 is 11.3 Å². The minimum absolute atomic E-state index is 0.00528. The van der Waals surface area contributed by atoms with E-state index in [1.54, 1.807) is 0 Å². The lowest BCUT2D eigenvalue weighted by molar-refractivity contribution is 0.0654. The van der Waals surface area contributed by atoms with Crippen molar-refractivity contribution >= 4 is 33.2 Å². The van der Waals surface area contributed by atoms with E-state index in [1.807, 2.05) is 52.9 Å². The van der Waals surface area contributed by atoms with Crippen LogP contribution in [0.2, 0.25) is 0 Å². The molecule has 1 aliphatic heterocycles. The van der Waals surface area contributed by atoms with Crippen LogP contribution in [-0.2, 0) is 6.54 Å². The van der Waals surface area contributed by atoms with Crippen molar-refractivity contribution in [1.82, 2.24) is 14.7 Å². The van der Waals surface area contributed by atoms with Crippen LogP contribution < -0.4 is 0 Å². The lowest BCUT2D eigenvalue weighted by atomic mass is 9.89. The van der Waals surface area contributed by atoms with Gasteiger partial charge in [0, 0.05) is 36.5 Å². The van der Waals surface area contributed by atoms with E-state index >= 15 is 0 Å². The summed E-state index contributed by atoms with van der Waals surface area (Å²) in [6.07, 6.45) is 1.45. The Morgan fingerprint density at radius 2 is 1.86 bits per heavy atom. The molecule has 6 heteroatoms. The Morgan fingerprint density at radius 3 is 2.52 bits per heavy atom. The number of aryl methyl sites for hydroxylation is 1. The van der Waals surface area contributed by atoms with Gasteiger partial charge >= 0.3 is 0 Å². The molecule has 0 N–H and O–H groups in total. The van der Waals surface area contributed by atoms with E-state index in [9.17, 15) is 9.59 Å². The number of amides is 1. The maximum absolute atomic E-state index is 13.1. The van der Waals surface area contributed by atoms with Gasteiger partial charge in [0.15, 0.2) is 5.78 Å². The van der Waals surface area contributed by atoms with Gasteiger partial charge in [-0.05, 0) is 31.7 Å². The van der Waals surface area contributed by atoms with E-state index in [2.05, 4.69) is 18.9 Å². The lowest BCUT2D eigenvalue weighted by Gasteiger charge is -2.31. The van der Waals surface area contributed by atoms with Gasteiger partial charge in [0.2, 0.25) is 0 Å². The van der Waals surface area contributed by atoms with E-state index in [1.165, 1.54) is 11.3 Å². The molecule has 5 nitrogen and oxygen atoms in total. The Bertz CT molecular complexity index is 1030. The number of piperidine rings is 1. The first-order valence-corrected chi connectivity index (χ1v) is 11.1. The maximum atomic E-state index is 13.1. The number of carbonyl (C=O) groups excluding carboxylic acids is 2. The second-order valence-corrected chi connectivity index (χ2v) is 9.32. The highest BCUT2D eigenvalue weighted by atomic mass is 32.1. The van der Waals surface area contributed by atoms with Crippen molar-refractivity contribution in [2.75, 3.05) is 13.1 Å². The van der Waals surface area contributed by atoms with Crippen molar-refractivity contribution in [2.45, 2.75) is 40.2 Å². The average Bonchev–Trinajstić information content (AvgIpc) is 3.29. The van der Waals surface area contributed by atoms with Crippen molar-refractivity contribution in [3.8, 4) is 0 Å². The fourth-order valence-corrected chi connectivity index (χ4v) is 5.17. The van der Waals surface area contributed by atoms with E-state index < -0.39 is 0 Å². The highest BCUT2D eigenvalue weighted by molar-refractivity contribution is 7.20. The Morgan fingerprint density at radius 1 is 1.17 bits per heavy atom. The van der Waals surface area contributed by atoms with Gasteiger partial charge in [0.25, 0.3) is 5.91 Å². The Labute approximate surface area is 175 Å². The zero-order valence-corrected chi connectivity index (χ0v) is 18.0. The van der Waals surface area contributed by atoms with Crippen molar-refractivity contribution in [3.05, 3.63) is 52.5 Å². The Hall–Kier alpha value is -2.47. The lowest BCUT2D eigenvalue weighted by Crippen LogP contribution is -2.40. The third kappa shape index (κ3) is 3.99. The molecule has 3 aromatic rings. The number of hydrogen-bond donors (Lipinski definition) is 0. The van der Waals surface area contributed by atoms with Crippen LogP contribution in [0.5, 0.6) is 0 Å². The summed E-state index contributed by atoms with van der Waals surface area (Å²) < 4.78 is 2.03. The van der Waals surface area contributed by atoms with E-state index in [0.717, 1.165) is 45.7 Å². The molecule has 152 valence electrons. The molecule has 2 aromatic heterocycles. The molecule has 1 amide bonds. The minimum Gasteiger partial charge on any atom is -0.338 e. The first-order chi connectivity index (χ1) is 13.9. The summed E-state index contributed by atoms with van der Waals surface area (Å²) in [4.78, 5) is 29.5. The summed E-state index contributed by atoms with van der Waals surface area (Å²) in [6, 6.07) is 11.5. The molecule has 0 bridgehead atoms. The molecule has 0 aliphatic carbocycles. The van der Waals surface area contributed by atoms with Crippen LogP contribution in [-0.4, -0.2) is 39.5 Å². The van der Waals surface area contributed by atoms with Gasteiger partial charge in [-0.3, -0.25) is 14.3 Å². The van der Waals surface area contributed by atoms with E-state index in [4.69, 9.17) is 0 Å². The average molecular weight is 410 g/mol. The summed E-state index contributed by atoms with van der Waals surface area (Å²) in [5.74, 6) is 0.780. The molecule has 1 aromatic carbocycles. The number of carbonyl (C=O) groups is 2. The maximum Gasteiger partial charge on any atom is 0.264 e. The molecule has 0 saturated carbocycles. The number of fused-ring (bicyclic) bond motifs is 1. The third-order valence-electron chi connectivity index (χ3n) is 5.57. The largest absolute Gasteiger partial charge is 0.338 e. The SMILES string of the molecule is Cc1nn(CC(C)C)c2sc(C(=O)N3CCC(C(=O)c4ccccc4)CC3)cc12. The predicted molar refractivity (Wildman–Crippen MR) is 117 cm³/mol. The second-order valence-electron chi connectivity index (χ2n) is 8.29. The zero-order valence-electron chi connectivity index (χ0n) is 17.2. The second kappa shape index (κ2) is 8.11. The zero-order chi connectivity index (χ0) is 20.5. The van der Waals surface area contributed by atoms with Gasteiger partial charge in [-0.25, -0.2) is 0 Å². The number of hydrogen-bond acceptors (Lipinski definition) is 4. The van der Waals surface area contributed by atoms with Gasteiger partial charge in [-0.1, -0.05) is 44.2 Å². The quantitative estimate of drug-likeness (QED) is 0.569.